The van der Waals surface area contributed by atoms with Crippen LogP contribution in [0.15, 0.2) is 36.4 Å². The average molecular weight is 300 g/mol. The fourth-order valence-electron chi connectivity index (χ4n) is 2.61. The van der Waals surface area contributed by atoms with Gasteiger partial charge in [-0.15, -0.1) is 0 Å². The Bertz CT molecular complexity index is 640. The maximum Gasteiger partial charge on any atom is 0.252 e. The molecule has 1 amide bonds. The number of unbranched alkanes of at least 4 members (excludes halogenated alkanes) is 1. The molecule has 0 aliphatic carbocycles. The number of amides is 1. The first kappa shape index (κ1) is 16.3. The van der Waals surface area contributed by atoms with Gasteiger partial charge in [-0.25, -0.2) is 0 Å². The molecule has 0 heterocycles. The van der Waals surface area contributed by atoms with Crippen molar-refractivity contribution in [1.29, 1.82) is 0 Å². The summed E-state index contributed by atoms with van der Waals surface area (Å²) in [7, 11) is 1.64. The van der Waals surface area contributed by atoms with E-state index in [0.717, 1.165) is 35.8 Å². The van der Waals surface area contributed by atoms with Gasteiger partial charge in [-0.3, -0.25) is 4.79 Å². The Balaban J connectivity index is 2.28. The normalized spacial score (nSPS) is 12.1. The molecule has 4 heteroatoms. The highest BCUT2D eigenvalue weighted by molar-refractivity contribution is 6.08. The maximum atomic E-state index is 12.6. The second-order valence-electron chi connectivity index (χ2n) is 5.41. The van der Waals surface area contributed by atoms with Gasteiger partial charge in [-0.05, 0) is 23.9 Å². The number of carbonyl (C=O) groups excluding carboxylic acids is 1. The molecular formula is C18H24N2O2. The summed E-state index contributed by atoms with van der Waals surface area (Å²) < 4.78 is 5.37. The molecule has 1 unspecified atom stereocenters. The third-order valence-corrected chi connectivity index (χ3v) is 3.87. The number of hydrogen-bond donors (Lipinski definition) is 2. The van der Waals surface area contributed by atoms with E-state index in [-0.39, 0.29) is 11.9 Å². The van der Waals surface area contributed by atoms with Crippen molar-refractivity contribution in [3.63, 3.8) is 0 Å². The molecule has 4 nitrogen and oxygen atoms in total. The highest BCUT2D eigenvalue weighted by Crippen LogP contribution is 2.28. The number of fused-ring (bicyclic) bond motifs is 1. The number of nitrogens with two attached hydrogens (primary N) is 1. The van der Waals surface area contributed by atoms with Crippen LogP contribution < -0.4 is 15.8 Å². The van der Waals surface area contributed by atoms with Gasteiger partial charge in [0.25, 0.3) is 5.91 Å². The van der Waals surface area contributed by atoms with E-state index in [2.05, 4.69) is 12.2 Å². The molecule has 0 aliphatic heterocycles. The minimum absolute atomic E-state index is 0.0216. The first-order valence-corrected chi connectivity index (χ1v) is 7.78. The molecule has 0 aliphatic rings. The molecule has 2 rings (SSSR count). The second-order valence-corrected chi connectivity index (χ2v) is 5.41. The largest absolute Gasteiger partial charge is 0.496 e. The number of carbonyl (C=O) groups is 1. The molecule has 22 heavy (non-hydrogen) atoms. The molecule has 0 aromatic heterocycles. The zero-order valence-electron chi connectivity index (χ0n) is 13.3. The Morgan fingerprint density at radius 3 is 2.59 bits per heavy atom. The molecule has 1 atom stereocenters. The number of ether oxygens (including phenoxy) is 1. The quantitative estimate of drug-likeness (QED) is 0.826. The van der Waals surface area contributed by atoms with Crippen molar-refractivity contribution in [3.8, 4) is 5.75 Å². The summed E-state index contributed by atoms with van der Waals surface area (Å²) >= 11 is 0. The standard InChI is InChI=1S/C18H24N2O2/c1-3-4-7-13(12-19)20-18(21)16-10-11-17(22-2)15-9-6-5-8-14(15)16/h5-6,8-11,13H,3-4,7,12,19H2,1-2H3,(H,20,21). The molecule has 3 N–H and O–H groups in total. The van der Waals surface area contributed by atoms with Crippen LogP contribution in [0, 0.1) is 0 Å². The van der Waals surface area contributed by atoms with Crippen LogP contribution in [0.5, 0.6) is 5.75 Å². The van der Waals surface area contributed by atoms with Gasteiger partial charge in [0.2, 0.25) is 0 Å². The molecule has 118 valence electrons. The lowest BCUT2D eigenvalue weighted by Crippen LogP contribution is -2.40. The van der Waals surface area contributed by atoms with Crippen molar-refractivity contribution in [3.05, 3.63) is 42.0 Å². The SMILES string of the molecule is CCCCC(CN)NC(=O)c1ccc(OC)c2ccccc12. The zero-order valence-corrected chi connectivity index (χ0v) is 13.3. The van der Waals surface area contributed by atoms with Crippen LogP contribution >= 0.6 is 0 Å². The van der Waals surface area contributed by atoms with Crippen LogP contribution in [-0.4, -0.2) is 25.6 Å². The summed E-state index contributed by atoms with van der Waals surface area (Å²) in [6, 6.07) is 11.4. The number of benzene rings is 2. The van der Waals surface area contributed by atoms with Crippen molar-refractivity contribution < 1.29 is 9.53 Å². The van der Waals surface area contributed by atoms with Crippen LogP contribution in [0.3, 0.4) is 0 Å². The predicted molar refractivity (Wildman–Crippen MR) is 90.3 cm³/mol. The molecule has 0 saturated heterocycles. The minimum Gasteiger partial charge on any atom is -0.496 e. The molecule has 0 spiro atoms. The Hall–Kier alpha value is -2.07. The van der Waals surface area contributed by atoms with Crippen LogP contribution in [0.2, 0.25) is 0 Å². The first-order valence-electron chi connectivity index (χ1n) is 7.78. The molecule has 0 bridgehead atoms. The van der Waals surface area contributed by atoms with Gasteiger partial charge in [0.05, 0.1) is 7.11 Å². The lowest BCUT2D eigenvalue weighted by atomic mass is 10.0. The average Bonchev–Trinajstić information content (AvgIpc) is 2.57. The highest BCUT2D eigenvalue weighted by atomic mass is 16.5. The summed E-state index contributed by atoms with van der Waals surface area (Å²) in [5, 5.41) is 4.88. The summed E-state index contributed by atoms with van der Waals surface area (Å²) in [4.78, 5) is 12.6. The summed E-state index contributed by atoms with van der Waals surface area (Å²) in [5.74, 6) is 0.693. The van der Waals surface area contributed by atoms with E-state index < -0.39 is 0 Å². The Morgan fingerprint density at radius 1 is 1.23 bits per heavy atom. The van der Waals surface area contributed by atoms with Crippen LogP contribution in [0.1, 0.15) is 36.5 Å². The van der Waals surface area contributed by atoms with E-state index in [9.17, 15) is 4.79 Å². The molecule has 0 radical (unpaired) electrons. The van der Waals surface area contributed by atoms with Gasteiger partial charge in [0, 0.05) is 23.5 Å². The summed E-state index contributed by atoms with van der Waals surface area (Å²) in [6.45, 7) is 2.59. The third kappa shape index (κ3) is 3.57. The molecule has 0 fully saturated rings. The fraction of sp³-hybridized carbons (Fsp3) is 0.389. The van der Waals surface area contributed by atoms with Crippen molar-refractivity contribution in [2.24, 2.45) is 5.73 Å². The van der Waals surface area contributed by atoms with Gasteiger partial charge < -0.3 is 15.8 Å². The lowest BCUT2D eigenvalue weighted by Gasteiger charge is -2.17. The summed E-state index contributed by atoms with van der Waals surface area (Å²) in [6.07, 6.45) is 3.07. The van der Waals surface area contributed by atoms with E-state index in [1.54, 1.807) is 7.11 Å². The van der Waals surface area contributed by atoms with Crippen molar-refractivity contribution in [1.82, 2.24) is 5.32 Å². The minimum atomic E-state index is -0.0783. The van der Waals surface area contributed by atoms with Gasteiger partial charge >= 0.3 is 0 Å². The van der Waals surface area contributed by atoms with Crippen LogP contribution in [-0.2, 0) is 0 Å². The molecule has 2 aromatic carbocycles. The third-order valence-electron chi connectivity index (χ3n) is 3.87. The predicted octanol–water partition coefficient (Wildman–Crippen LogP) is 3.10. The number of nitrogens with one attached hydrogen (secondary N) is 1. The number of rotatable bonds is 7. The van der Waals surface area contributed by atoms with Crippen LogP contribution in [0.25, 0.3) is 10.8 Å². The topological polar surface area (TPSA) is 64.3 Å². The lowest BCUT2D eigenvalue weighted by molar-refractivity contribution is 0.0937. The van der Waals surface area contributed by atoms with Crippen LogP contribution in [0.4, 0.5) is 0 Å². The molecular weight excluding hydrogens is 276 g/mol. The van der Waals surface area contributed by atoms with Gasteiger partial charge in [0.15, 0.2) is 0 Å². The van der Waals surface area contributed by atoms with Gasteiger partial charge in [0.1, 0.15) is 5.75 Å². The van der Waals surface area contributed by atoms with E-state index in [1.165, 1.54) is 0 Å². The van der Waals surface area contributed by atoms with Crippen molar-refractivity contribution in [2.45, 2.75) is 32.2 Å². The Morgan fingerprint density at radius 2 is 1.95 bits per heavy atom. The van der Waals surface area contributed by atoms with E-state index in [4.69, 9.17) is 10.5 Å². The smallest absolute Gasteiger partial charge is 0.252 e. The Labute approximate surface area is 131 Å². The second kappa shape index (κ2) is 7.80. The van der Waals surface area contributed by atoms with E-state index in [0.29, 0.717) is 12.1 Å². The fourth-order valence-corrected chi connectivity index (χ4v) is 2.61. The highest BCUT2D eigenvalue weighted by Gasteiger charge is 2.15. The molecule has 2 aromatic rings. The maximum absolute atomic E-state index is 12.6. The molecule has 0 saturated carbocycles. The van der Waals surface area contributed by atoms with Crippen molar-refractivity contribution >= 4 is 16.7 Å². The van der Waals surface area contributed by atoms with Gasteiger partial charge in [-0.1, -0.05) is 44.0 Å². The van der Waals surface area contributed by atoms with E-state index in [1.807, 2.05) is 36.4 Å². The van der Waals surface area contributed by atoms with E-state index >= 15 is 0 Å². The van der Waals surface area contributed by atoms with Gasteiger partial charge in [-0.2, -0.15) is 0 Å². The van der Waals surface area contributed by atoms with Crippen molar-refractivity contribution in [2.75, 3.05) is 13.7 Å². The zero-order chi connectivity index (χ0) is 15.9. The monoisotopic (exact) mass is 300 g/mol. The number of hydrogen-bond acceptors (Lipinski definition) is 3. The summed E-state index contributed by atoms with van der Waals surface area (Å²) in [5.41, 5.74) is 6.42. The Kier molecular flexibility index (Phi) is 5.78. The first-order chi connectivity index (χ1) is 10.7. The number of methoxy groups -OCH3 is 1.